The third kappa shape index (κ3) is 6.80. The van der Waals surface area contributed by atoms with Gasteiger partial charge >= 0.3 is 0 Å². The van der Waals surface area contributed by atoms with Gasteiger partial charge in [-0.3, -0.25) is 0 Å². The van der Waals surface area contributed by atoms with Crippen LogP contribution in [0.5, 0.6) is 5.75 Å². The summed E-state index contributed by atoms with van der Waals surface area (Å²) < 4.78 is 99.9. The molecule has 0 aromatic heterocycles. The Hall–Kier alpha value is -3.00. The van der Waals surface area contributed by atoms with E-state index in [0.29, 0.717) is 55.8 Å². The van der Waals surface area contributed by atoms with E-state index in [9.17, 15) is 17.6 Å². The van der Waals surface area contributed by atoms with E-state index in [-0.39, 0.29) is 47.0 Å². The fourth-order valence-electron chi connectivity index (χ4n) is 6.93. The van der Waals surface area contributed by atoms with Gasteiger partial charge in [0.1, 0.15) is 0 Å². The first-order chi connectivity index (χ1) is 21.2. The Morgan fingerprint density at radius 1 is 0.591 bits per heavy atom. The Morgan fingerprint density at radius 3 is 1.75 bits per heavy atom. The molecule has 2 aliphatic carbocycles. The maximum absolute atomic E-state index is 15.2. The summed E-state index contributed by atoms with van der Waals surface area (Å²) in [5.74, 6) is -6.27. The van der Waals surface area contributed by atoms with E-state index in [2.05, 4.69) is 0 Å². The SMILES string of the molecule is CCCc1ccc(C2CCC(COC3CCC(c4ccc(-c5ccc(OCC)c(F)c5F)c(F)c4F)CC3)CC2)c(F)c1F. The molecule has 0 aliphatic heterocycles. The molecule has 3 aromatic rings. The Kier molecular flexibility index (Phi) is 10.6. The topological polar surface area (TPSA) is 18.5 Å². The first kappa shape index (κ1) is 32.4. The van der Waals surface area contributed by atoms with E-state index >= 15 is 8.78 Å². The molecule has 0 heterocycles. The van der Waals surface area contributed by atoms with Crippen LogP contribution >= 0.6 is 0 Å². The molecule has 0 amide bonds. The lowest BCUT2D eigenvalue weighted by atomic mass is 9.78. The van der Waals surface area contributed by atoms with Crippen LogP contribution in [-0.2, 0) is 11.2 Å². The molecule has 0 spiro atoms. The van der Waals surface area contributed by atoms with Gasteiger partial charge in [0.05, 0.1) is 12.7 Å². The van der Waals surface area contributed by atoms with Gasteiger partial charge in [-0.2, -0.15) is 4.39 Å². The number of hydrogen-bond acceptors (Lipinski definition) is 2. The van der Waals surface area contributed by atoms with E-state index in [4.69, 9.17) is 9.47 Å². The highest BCUT2D eigenvalue weighted by molar-refractivity contribution is 5.66. The van der Waals surface area contributed by atoms with Crippen LogP contribution in [0.25, 0.3) is 11.1 Å². The summed E-state index contributed by atoms with van der Waals surface area (Å²) in [4.78, 5) is 0. The lowest BCUT2D eigenvalue weighted by Gasteiger charge is -2.33. The number of benzene rings is 3. The van der Waals surface area contributed by atoms with Crippen LogP contribution in [0.2, 0.25) is 0 Å². The smallest absolute Gasteiger partial charge is 0.201 e. The Bertz CT molecular complexity index is 1440. The summed E-state index contributed by atoms with van der Waals surface area (Å²) in [5, 5.41) is 0. The van der Waals surface area contributed by atoms with Crippen molar-refractivity contribution in [1.82, 2.24) is 0 Å². The molecule has 3 aromatic carbocycles. The third-order valence-electron chi connectivity index (χ3n) is 9.43. The minimum Gasteiger partial charge on any atom is -0.491 e. The number of halogens is 6. The maximum Gasteiger partial charge on any atom is 0.201 e. The minimum atomic E-state index is -1.28. The average molecular weight is 619 g/mol. The van der Waals surface area contributed by atoms with Crippen LogP contribution in [0.15, 0.2) is 36.4 Å². The summed E-state index contributed by atoms with van der Waals surface area (Å²) >= 11 is 0. The highest BCUT2D eigenvalue weighted by Crippen LogP contribution is 2.41. The second kappa shape index (κ2) is 14.4. The number of aryl methyl sites for hydroxylation is 1. The summed E-state index contributed by atoms with van der Waals surface area (Å²) in [6.45, 7) is 4.31. The Balaban J connectivity index is 1.12. The quantitative estimate of drug-likeness (QED) is 0.211. The maximum atomic E-state index is 15.2. The summed E-state index contributed by atoms with van der Waals surface area (Å²) in [5.41, 5.74) is 0.460. The average Bonchev–Trinajstić information content (AvgIpc) is 3.03. The van der Waals surface area contributed by atoms with Gasteiger partial charge in [0.25, 0.3) is 0 Å². The lowest BCUT2D eigenvalue weighted by Crippen LogP contribution is -2.26. The van der Waals surface area contributed by atoms with Crippen LogP contribution in [0.1, 0.15) is 100 Å². The highest BCUT2D eigenvalue weighted by Gasteiger charge is 2.30. The van der Waals surface area contributed by atoms with Gasteiger partial charge in [0.2, 0.25) is 5.82 Å². The molecule has 2 saturated carbocycles. The molecule has 5 rings (SSSR count). The molecule has 0 unspecified atom stereocenters. The zero-order chi connectivity index (χ0) is 31.4. The second-order valence-corrected chi connectivity index (χ2v) is 12.2. The van der Waals surface area contributed by atoms with Gasteiger partial charge < -0.3 is 9.47 Å². The van der Waals surface area contributed by atoms with Crippen molar-refractivity contribution in [3.8, 4) is 16.9 Å². The van der Waals surface area contributed by atoms with Gasteiger partial charge in [-0.25, -0.2) is 22.0 Å². The first-order valence-electron chi connectivity index (χ1n) is 15.9. The number of ether oxygens (including phenoxy) is 2. The van der Waals surface area contributed by atoms with Crippen LogP contribution in [-0.4, -0.2) is 19.3 Å². The van der Waals surface area contributed by atoms with Crippen molar-refractivity contribution in [2.24, 2.45) is 5.92 Å². The second-order valence-electron chi connectivity index (χ2n) is 12.2. The molecule has 8 heteroatoms. The molecular weight excluding hydrogens is 578 g/mol. The van der Waals surface area contributed by atoms with Gasteiger partial charge in [-0.15, -0.1) is 0 Å². The standard InChI is InChI=1S/C36H40F6O2/c1-3-5-24-12-15-26(32(38)31(24)37)22-8-6-21(7-9-22)20-44-25-13-10-23(11-14-25)27-16-17-28(34(40)33(27)39)29-18-19-30(43-4-2)36(42)35(29)41/h12,15-19,21-23,25H,3-11,13-14,20H2,1-2H3. The summed E-state index contributed by atoms with van der Waals surface area (Å²) in [6, 6.07) is 8.66. The molecule has 0 N–H and O–H groups in total. The molecule has 2 nitrogen and oxygen atoms in total. The molecule has 238 valence electrons. The Labute approximate surface area is 255 Å². The van der Waals surface area contributed by atoms with Crippen LogP contribution in [0.4, 0.5) is 26.3 Å². The molecule has 0 atom stereocenters. The number of rotatable bonds is 10. The monoisotopic (exact) mass is 618 g/mol. The van der Waals surface area contributed by atoms with E-state index < -0.39 is 34.9 Å². The van der Waals surface area contributed by atoms with Gasteiger partial charge in [-0.05, 0) is 111 Å². The van der Waals surface area contributed by atoms with Crippen molar-refractivity contribution in [2.45, 2.75) is 96.0 Å². The fourth-order valence-corrected chi connectivity index (χ4v) is 6.93. The van der Waals surface area contributed by atoms with E-state index in [1.54, 1.807) is 19.1 Å². The van der Waals surface area contributed by atoms with Crippen molar-refractivity contribution in [2.75, 3.05) is 13.2 Å². The molecule has 0 radical (unpaired) electrons. The predicted molar refractivity (Wildman–Crippen MR) is 159 cm³/mol. The van der Waals surface area contributed by atoms with Crippen molar-refractivity contribution < 1.29 is 35.8 Å². The lowest BCUT2D eigenvalue weighted by molar-refractivity contribution is -0.00294. The first-order valence-corrected chi connectivity index (χ1v) is 15.9. The van der Waals surface area contributed by atoms with Crippen LogP contribution < -0.4 is 4.74 Å². The third-order valence-corrected chi connectivity index (χ3v) is 9.43. The number of hydrogen-bond donors (Lipinski definition) is 0. The normalized spacial score (nSPS) is 22.3. The van der Waals surface area contributed by atoms with Crippen molar-refractivity contribution >= 4 is 0 Å². The van der Waals surface area contributed by atoms with E-state index in [0.717, 1.165) is 32.1 Å². The fraction of sp³-hybridized carbons (Fsp3) is 0.500. The molecule has 0 bridgehead atoms. The predicted octanol–water partition coefficient (Wildman–Crippen LogP) is 10.6. The summed E-state index contributed by atoms with van der Waals surface area (Å²) in [7, 11) is 0. The van der Waals surface area contributed by atoms with E-state index in [1.807, 2.05) is 6.92 Å². The largest absolute Gasteiger partial charge is 0.491 e. The van der Waals surface area contributed by atoms with Gasteiger partial charge in [0.15, 0.2) is 34.8 Å². The minimum absolute atomic E-state index is 0.0125. The van der Waals surface area contributed by atoms with Crippen molar-refractivity contribution in [3.05, 3.63) is 88.0 Å². The Morgan fingerprint density at radius 2 is 1.14 bits per heavy atom. The summed E-state index contributed by atoms with van der Waals surface area (Å²) in [6.07, 6.45) is 7.32. The zero-order valence-corrected chi connectivity index (χ0v) is 25.3. The van der Waals surface area contributed by atoms with Gasteiger partial charge in [-0.1, -0.05) is 37.6 Å². The molecule has 2 fully saturated rings. The van der Waals surface area contributed by atoms with Crippen molar-refractivity contribution in [1.29, 1.82) is 0 Å². The molecule has 44 heavy (non-hydrogen) atoms. The van der Waals surface area contributed by atoms with E-state index in [1.165, 1.54) is 24.3 Å². The highest BCUT2D eigenvalue weighted by atomic mass is 19.2. The van der Waals surface area contributed by atoms with Gasteiger partial charge in [0, 0.05) is 17.7 Å². The molecule has 0 saturated heterocycles. The van der Waals surface area contributed by atoms with Crippen LogP contribution in [0, 0.1) is 40.8 Å². The van der Waals surface area contributed by atoms with Crippen LogP contribution in [0.3, 0.4) is 0 Å². The van der Waals surface area contributed by atoms with Crippen molar-refractivity contribution in [3.63, 3.8) is 0 Å². The molecular formula is C36H40F6O2. The molecule has 2 aliphatic rings. The zero-order valence-electron chi connectivity index (χ0n) is 25.3.